The molecule has 4 heteroatoms. The van der Waals surface area contributed by atoms with Crippen LogP contribution in [0.4, 0.5) is 0 Å². The van der Waals surface area contributed by atoms with Crippen LogP contribution in [0.2, 0.25) is 0 Å². The highest BCUT2D eigenvalue weighted by molar-refractivity contribution is 5.31. The third-order valence-electron chi connectivity index (χ3n) is 2.22. The van der Waals surface area contributed by atoms with Crippen molar-refractivity contribution in [1.29, 1.82) is 0 Å². The summed E-state index contributed by atoms with van der Waals surface area (Å²) in [5.74, 6) is 0.755. The van der Waals surface area contributed by atoms with Gasteiger partial charge in [-0.25, -0.2) is 9.97 Å². The van der Waals surface area contributed by atoms with Gasteiger partial charge in [-0.3, -0.25) is 4.40 Å². The van der Waals surface area contributed by atoms with Crippen LogP contribution in [0.15, 0.2) is 18.6 Å². The minimum absolute atomic E-state index is 0.629. The van der Waals surface area contributed by atoms with Crippen molar-refractivity contribution in [3.8, 4) is 0 Å². The van der Waals surface area contributed by atoms with E-state index in [9.17, 15) is 0 Å². The highest BCUT2D eigenvalue weighted by atomic mass is 15.1. The molecule has 2 heterocycles. The Labute approximate surface area is 82.8 Å². The quantitative estimate of drug-likeness (QED) is 0.778. The molecule has 0 amide bonds. The number of imidazole rings is 1. The topological polar surface area (TPSA) is 56.2 Å². The second-order valence-corrected chi connectivity index (χ2v) is 3.29. The normalized spacial score (nSPS) is 11.0. The lowest BCUT2D eigenvalue weighted by molar-refractivity contribution is 0.936. The maximum atomic E-state index is 5.47. The van der Waals surface area contributed by atoms with Gasteiger partial charge in [0.05, 0.1) is 5.69 Å². The molecule has 0 aliphatic carbocycles. The maximum Gasteiger partial charge on any atom is 0.233 e. The molecular weight excluding hydrogens is 176 g/mol. The van der Waals surface area contributed by atoms with Crippen LogP contribution in [0, 0.1) is 0 Å². The van der Waals surface area contributed by atoms with Crippen LogP contribution in [0.5, 0.6) is 0 Å². The van der Waals surface area contributed by atoms with Crippen molar-refractivity contribution >= 4 is 5.78 Å². The molecule has 0 aromatic carbocycles. The van der Waals surface area contributed by atoms with E-state index in [2.05, 4.69) is 23.1 Å². The molecule has 0 aliphatic rings. The number of nitrogens with two attached hydrogens (primary N) is 1. The molecule has 0 atom stereocenters. The van der Waals surface area contributed by atoms with E-state index >= 15 is 0 Å². The minimum Gasteiger partial charge on any atom is -0.330 e. The molecule has 0 fully saturated rings. The Morgan fingerprint density at radius 1 is 1.43 bits per heavy atom. The van der Waals surface area contributed by atoms with Gasteiger partial charge in [0.1, 0.15) is 0 Å². The molecule has 0 saturated heterocycles. The Balaban J connectivity index is 2.43. The molecule has 4 nitrogen and oxygen atoms in total. The third kappa shape index (κ3) is 1.61. The Hall–Kier alpha value is -1.42. The Bertz CT molecular complexity index is 433. The first kappa shape index (κ1) is 9.15. The average Bonchev–Trinajstić information content (AvgIpc) is 2.59. The van der Waals surface area contributed by atoms with Crippen LogP contribution < -0.4 is 5.73 Å². The molecule has 0 unspecified atom stereocenters. The van der Waals surface area contributed by atoms with Gasteiger partial charge in [0, 0.05) is 25.0 Å². The molecule has 0 aliphatic heterocycles. The summed E-state index contributed by atoms with van der Waals surface area (Å²) in [5.41, 5.74) is 7.69. The van der Waals surface area contributed by atoms with E-state index in [1.165, 1.54) is 5.56 Å². The van der Waals surface area contributed by atoms with Crippen LogP contribution >= 0.6 is 0 Å². The van der Waals surface area contributed by atoms with Gasteiger partial charge in [0.2, 0.25) is 5.78 Å². The summed E-state index contributed by atoms with van der Waals surface area (Å²) in [5, 5.41) is 0. The van der Waals surface area contributed by atoms with Crippen molar-refractivity contribution in [1.82, 2.24) is 14.4 Å². The molecule has 2 rings (SSSR count). The summed E-state index contributed by atoms with van der Waals surface area (Å²) in [4.78, 5) is 8.62. The summed E-state index contributed by atoms with van der Waals surface area (Å²) < 4.78 is 1.96. The number of hydrogen-bond acceptors (Lipinski definition) is 3. The molecule has 0 bridgehead atoms. The first-order valence-electron chi connectivity index (χ1n) is 4.86. The molecule has 0 saturated carbocycles. The van der Waals surface area contributed by atoms with Gasteiger partial charge < -0.3 is 5.73 Å². The van der Waals surface area contributed by atoms with Gasteiger partial charge in [0.15, 0.2) is 0 Å². The van der Waals surface area contributed by atoms with E-state index < -0.39 is 0 Å². The van der Waals surface area contributed by atoms with Crippen molar-refractivity contribution in [3.63, 3.8) is 0 Å². The van der Waals surface area contributed by atoms with E-state index in [0.717, 1.165) is 24.3 Å². The van der Waals surface area contributed by atoms with E-state index in [1.807, 2.05) is 16.8 Å². The zero-order chi connectivity index (χ0) is 9.97. The summed E-state index contributed by atoms with van der Waals surface area (Å²) in [6.07, 6.45) is 7.73. The average molecular weight is 190 g/mol. The van der Waals surface area contributed by atoms with Crippen molar-refractivity contribution < 1.29 is 0 Å². The van der Waals surface area contributed by atoms with Gasteiger partial charge >= 0.3 is 0 Å². The SMILES string of the molecule is CCc1cnc2nc(CCN)cn2c1. The Morgan fingerprint density at radius 2 is 2.29 bits per heavy atom. The number of aryl methyl sites for hydroxylation is 1. The third-order valence-corrected chi connectivity index (χ3v) is 2.22. The van der Waals surface area contributed by atoms with E-state index in [4.69, 9.17) is 5.73 Å². The lowest BCUT2D eigenvalue weighted by Crippen LogP contribution is -2.02. The smallest absolute Gasteiger partial charge is 0.233 e. The molecule has 2 aromatic heterocycles. The van der Waals surface area contributed by atoms with E-state index in [1.54, 1.807) is 0 Å². The summed E-state index contributed by atoms with van der Waals surface area (Å²) in [6, 6.07) is 0. The lowest BCUT2D eigenvalue weighted by Gasteiger charge is -1.95. The molecule has 0 spiro atoms. The fraction of sp³-hybridized carbons (Fsp3) is 0.400. The first-order valence-corrected chi connectivity index (χ1v) is 4.86. The fourth-order valence-corrected chi connectivity index (χ4v) is 1.43. The monoisotopic (exact) mass is 190 g/mol. The van der Waals surface area contributed by atoms with Gasteiger partial charge in [-0.05, 0) is 18.5 Å². The summed E-state index contributed by atoms with van der Waals surface area (Å²) >= 11 is 0. The van der Waals surface area contributed by atoms with Gasteiger partial charge in [-0.1, -0.05) is 6.92 Å². The van der Waals surface area contributed by atoms with Gasteiger partial charge in [-0.15, -0.1) is 0 Å². The summed E-state index contributed by atoms with van der Waals surface area (Å²) in [6.45, 7) is 2.74. The Kier molecular flexibility index (Phi) is 2.45. The molecular formula is C10H14N4. The largest absolute Gasteiger partial charge is 0.330 e. The molecule has 2 aromatic rings. The van der Waals surface area contributed by atoms with Crippen molar-refractivity contribution in [3.05, 3.63) is 29.8 Å². The van der Waals surface area contributed by atoms with Gasteiger partial charge in [-0.2, -0.15) is 0 Å². The summed E-state index contributed by atoms with van der Waals surface area (Å²) in [7, 11) is 0. The molecule has 74 valence electrons. The van der Waals surface area contributed by atoms with Crippen LogP contribution in [0.3, 0.4) is 0 Å². The predicted octanol–water partition coefficient (Wildman–Crippen LogP) is 0.793. The van der Waals surface area contributed by atoms with E-state index in [0.29, 0.717) is 6.54 Å². The van der Waals surface area contributed by atoms with Crippen LogP contribution in [-0.2, 0) is 12.8 Å². The molecule has 2 N–H and O–H groups in total. The predicted molar refractivity (Wildman–Crippen MR) is 55.1 cm³/mol. The van der Waals surface area contributed by atoms with E-state index in [-0.39, 0.29) is 0 Å². The van der Waals surface area contributed by atoms with Crippen LogP contribution in [0.25, 0.3) is 5.78 Å². The molecule has 0 radical (unpaired) electrons. The van der Waals surface area contributed by atoms with Crippen LogP contribution in [-0.4, -0.2) is 20.9 Å². The maximum absolute atomic E-state index is 5.47. The standard InChI is InChI=1S/C10H14N4/c1-2-8-5-12-10-13-9(3-4-11)7-14(10)6-8/h5-7H,2-4,11H2,1H3. The van der Waals surface area contributed by atoms with Crippen LogP contribution in [0.1, 0.15) is 18.2 Å². The second-order valence-electron chi connectivity index (χ2n) is 3.29. The first-order chi connectivity index (χ1) is 6.83. The number of hydrogen-bond donors (Lipinski definition) is 1. The zero-order valence-corrected chi connectivity index (χ0v) is 8.27. The number of aromatic nitrogens is 3. The van der Waals surface area contributed by atoms with Crippen molar-refractivity contribution in [2.75, 3.05) is 6.54 Å². The zero-order valence-electron chi connectivity index (χ0n) is 8.27. The molecule has 14 heavy (non-hydrogen) atoms. The van der Waals surface area contributed by atoms with Gasteiger partial charge in [0.25, 0.3) is 0 Å². The number of nitrogens with zero attached hydrogens (tertiary/aromatic N) is 3. The lowest BCUT2D eigenvalue weighted by atomic mass is 10.3. The number of rotatable bonds is 3. The fourth-order valence-electron chi connectivity index (χ4n) is 1.43. The number of fused-ring (bicyclic) bond motifs is 1. The van der Waals surface area contributed by atoms with Crippen molar-refractivity contribution in [2.24, 2.45) is 5.73 Å². The Morgan fingerprint density at radius 3 is 3.00 bits per heavy atom. The second kappa shape index (κ2) is 3.75. The minimum atomic E-state index is 0.629. The highest BCUT2D eigenvalue weighted by Gasteiger charge is 2.01. The highest BCUT2D eigenvalue weighted by Crippen LogP contribution is 2.05. The van der Waals surface area contributed by atoms with Crippen molar-refractivity contribution in [2.45, 2.75) is 19.8 Å².